The van der Waals surface area contributed by atoms with E-state index in [9.17, 15) is 4.79 Å². The molecule has 2 aromatic heterocycles. The van der Waals surface area contributed by atoms with E-state index in [0.29, 0.717) is 11.0 Å². The van der Waals surface area contributed by atoms with E-state index in [1.165, 1.54) is 16.5 Å². The highest BCUT2D eigenvalue weighted by atomic mass is 16.1. The number of hydrogen-bond acceptors (Lipinski definition) is 3. The zero-order valence-electron chi connectivity index (χ0n) is 12.2. The summed E-state index contributed by atoms with van der Waals surface area (Å²) in [4.78, 5) is 20.9. The molecule has 2 heterocycles. The lowest BCUT2D eigenvalue weighted by Crippen LogP contribution is -2.18. The highest BCUT2D eigenvalue weighted by Crippen LogP contribution is 2.14. The highest BCUT2D eigenvalue weighted by molar-refractivity contribution is 5.74. The summed E-state index contributed by atoms with van der Waals surface area (Å²) in [5.74, 6) is 0. The molecule has 0 aliphatic heterocycles. The normalized spacial score (nSPS) is 11.0. The molecule has 4 heteroatoms. The van der Waals surface area contributed by atoms with Crippen LogP contribution in [-0.2, 0) is 19.9 Å². The van der Waals surface area contributed by atoms with E-state index in [0.717, 1.165) is 24.1 Å². The molecule has 0 unspecified atom stereocenters. The van der Waals surface area contributed by atoms with Crippen LogP contribution in [-0.4, -0.2) is 14.5 Å². The average molecular weight is 279 g/mol. The number of aromatic nitrogens is 3. The molecule has 3 rings (SSSR count). The summed E-state index contributed by atoms with van der Waals surface area (Å²) in [6, 6.07) is 12.2. The number of benzene rings is 1. The first-order valence-electron chi connectivity index (χ1n) is 7.01. The predicted octanol–water partition coefficient (Wildman–Crippen LogP) is 2.42. The van der Waals surface area contributed by atoms with Crippen LogP contribution < -0.4 is 5.56 Å². The van der Waals surface area contributed by atoms with Crippen LogP contribution in [0.3, 0.4) is 0 Å². The van der Waals surface area contributed by atoms with Gasteiger partial charge >= 0.3 is 0 Å². The van der Waals surface area contributed by atoms with Crippen molar-refractivity contribution < 1.29 is 0 Å². The minimum Gasteiger partial charge on any atom is -0.302 e. The molecular formula is C17H17N3O. The smallest absolute Gasteiger partial charge is 0.262 e. The van der Waals surface area contributed by atoms with Crippen molar-refractivity contribution in [1.29, 1.82) is 0 Å². The molecule has 106 valence electrons. The molecular weight excluding hydrogens is 262 g/mol. The Bertz CT molecular complexity index is 838. The molecule has 21 heavy (non-hydrogen) atoms. The molecule has 0 amide bonds. The minimum absolute atomic E-state index is 0.0507. The predicted molar refractivity (Wildman–Crippen MR) is 83.4 cm³/mol. The average Bonchev–Trinajstić information content (AvgIpc) is 2.51. The maximum Gasteiger partial charge on any atom is 0.262 e. The van der Waals surface area contributed by atoms with Gasteiger partial charge in [0.15, 0.2) is 5.65 Å². The number of pyridine rings is 1. The van der Waals surface area contributed by atoms with Crippen LogP contribution in [0.5, 0.6) is 0 Å². The fourth-order valence-corrected chi connectivity index (χ4v) is 2.44. The summed E-state index contributed by atoms with van der Waals surface area (Å²) < 4.78 is 1.48. The molecule has 0 bridgehead atoms. The minimum atomic E-state index is -0.0507. The van der Waals surface area contributed by atoms with Crippen LogP contribution in [0.25, 0.3) is 11.0 Å². The Morgan fingerprint density at radius 2 is 1.90 bits per heavy atom. The lowest BCUT2D eigenvalue weighted by molar-refractivity contribution is 0.834. The van der Waals surface area contributed by atoms with E-state index in [2.05, 4.69) is 22.1 Å². The molecule has 0 radical (unpaired) electrons. The van der Waals surface area contributed by atoms with Gasteiger partial charge in [-0.05, 0) is 37.0 Å². The quantitative estimate of drug-likeness (QED) is 0.739. The fraction of sp³-hybridized carbons (Fsp3) is 0.235. The zero-order valence-corrected chi connectivity index (χ0v) is 12.2. The van der Waals surface area contributed by atoms with Gasteiger partial charge in [0.2, 0.25) is 0 Å². The topological polar surface area (TPSA) is 47.8 Å². The molecule has 0 saturated carbocycles. The molecule has 3 aromatic rings. The lowest BCUT2D eigenvalue weighted by Gasteiger charge is -2.07. The first-order chi connectivity index (χ1) is 10.1. The van der Waals surface area contributed by atoms with Crippen LogP contribution >= 0.6 is 0 Å². The van der Waals surface area contributed by atoms with E-state index >= 15 is 0 Å². The molecule has 1 aromatic carbocycles. The van der Waals surface area contributed by atoms with E-state index < -0.39 is 0 Å². The van der Waals surface area contributed by atoms with Gasteiger partial charge in [-0.1, -0.05) is 30.3 Å². The van der Waals surface area contributed by atoms with E-state index in [1.807, 2.05) is 31.2 Å². The largest absolute Gasteiger partial charge is 0.302 e. The monoisotopic (exact) mass is 279 g/mol. The number of nitrogens with zero attached hydrogens (tertiary/aromatic N) is 3. The number of fused-ring (bicyclic) bond motifs is 1. The standard InChI is InChI=1S/C17H17N3O/c1-12-10-14-16(18-11-20(2)17(14)21)19-15(12)9-8-13-6-4-3-5-7-13/h3-7,10-11H,8-9H2,1-2H3. The molecule has 0 spiro atoms. The van der Waals surface area contributed by atoms with Crippen LogP contribution in [0.2, 0.25) is 0 Å². The van der Waals surface area contributed by atoms with Gasteiger partial charge < -0.3 is 4.57 Å². The van der Waals surface area contributed by atoms with Crippen LogP contribution in [0.15, 0.2) is 47.5 Å². The van der Waals surface area contributed by atoms with Gasteiger partial charge in [-0.2, -0.15) is 0 Å². The van der Waals surface area contributed by atoms with Gasteiger partial charge in [-0.25, -0.2) is 9.97 Å². The van der Waals surface area contributed by atoms with Crippen LogP contribution in [0.4, 0.5) is 0 Å². The second kappa shape index (κ2) is 5.48. The first kappa shape index (κ1) is 13.5. The first-order valence-corrected chi connectivity index (χ1v) is 7.01. The van der Waals surface area contributed by atoms with E-state index in [-0.39, 0.29) is 5.56 Å². The lowest BCUT2D eigenvalue weighted by atomic mass is 10.0. The van der Waals surface area contributed by atoms with Crippen molar-refractivity contribution in [2.24, 2.45) is 7.05 Å². The summed E-state index contributed by atoms with van der Waals surface area (Å²) >= 11 is 0. The van der Waals surface area contributed by atoms with Crippen LogP contribution in [0.1, 0.15) is 16.8 Å². The maximum atomic E-state index is 12.1. The van der Waals surface area contributed by atoms with Gasteiger partial charge in [0.1, 0.15) is 0 Å². The van der Waals surface area contributed by atoms with Crippen molar-refractivity contribution in [2.75, 3.05) is 0 Å². The Balaban J connectivity index is 1.95. The second-order valence-corrected chi connectivity index (χ2v) is 5.27. The van der Waals surface area contributed by atoms with Gasteiger partial charge in [0.25, 0.3) is 5.56 Å². The third kappa shape index (κ3) is 2.70. The third-order valence-electron chi connectivity index (χ3n) is 3.70. The van der Waals surface area contributed by atoms with Gasteiger partial charge in [-0.3, -0.25) is 4.79 Å². The Kier molecular flexibility index (Phi) is 3.52. The number of aryl methyl sites for hydroxylation is 4. The third-order valence-corrected chi connectivity index (χ3v) is 3.70. The molecule has 4 nitrogen and oxygen atoms in total. The Hall–Kier alpha value is -2.49. The molecule has 0 aliphatic rings. The molecule has 0 saturated heterocycles. The fourth-order valence-electron chi connectivity index (χ4n) is 2.44. The van der Waals surface area contributed by atoms with Gasteiger partial charge in [0.05, 0.1) is 11.7 Å². The van der Waals surface area contributed by atoms with Crippen molar-refractivity contribution in [2.45, 2.75) is 19.8 Å². The van der Waals surface area contributed by atoms with Crippen molar-refractivity contribution in [3.05, 3.63) is 69.9 Å². The van der Waals surface area contributed by atoms with Gasteiger partial charge in [0, 0.05) is 12.7 Å². The van der Waals surface area contributed by atoms with E-state index in [4.69, 9.17) is 0 Å². The SMILES string of the molecule is Cc1cc2c(=O)n(C)cnc2nc1CCc1ccccc1. The van der Waals surface area contributed by atoms with E-state index in [1.54, 1.807) is 7.05 Å². The van der Waals surface area contributed by atoms with Crippen LogP contribution in [0, 0.1) is 6.92 Å². The second-order valence-electron chi connectivity index (χ2n) is 5.27. The molecule has 0 N–H and O–H groups in total. The van der Waals surface area contributed by atoms with Crippen molar-refractivity contribution >= 4 is 11.0 Å². The van der Waals surface area contributed by atoms with Gasteiger partial charge in [-0.15, -0.1) is 0 Å². The zero-order chi connectivity index (χ0) is 14.8. The molecule has 0 aliphatic carbocycles. The molecule has 0 fully saturated rings. The summed E-state index contributed by atoms with van der Waals surface area (Å²) in [7, 11) is 1.70. The summed E-state index contributed by atoms with van der Waals surface area (Å²) in [5.41, 5.74) is 3.82. The number of hydrogen-bond donors (Lipinski definition) is 0. The Labute approximate surface area is 123 Å². The number of rotatable bonds is 3. The molecule has 0 atom stereocenters. The van der Waals surface area contributed by atoms with Crippen molar-refractivity contribution in [1.82, 2.24) is 14.5 Å². The summed E-state index contributed by atoms with van der Waals surface area (Å²) in [6.45, 7) is 2.00. The van der Waals surface area contributed by atoms with Crippen molar-refractivity contribution in [3.8, 4) is 0 Å². The highest BCUT2D eigenvalue weighted by Gasteiger charge is 2.08. The Morgan fingerprint density at radius 1 is 1.14 bits per heavy atom. The maximum absolute atomic E-state index is 12.1. The Morgan fingerprint density at radius 3 is 2.67 bits per heavy atom. The summed E-state index contributed by atoms with van der Waals surface area (Å²) in [5, 5.41) is 0.584. The summed E-state index contributed by atoms with van der Waals surface area (Å²) in [6.07, 6.45) is 3.31. The van der Waals surface area contributed by atoms with Crippen molar-refractivity contribution in [3.63, 3.8) is 0 Å².